The molecule has 0 unspecified atom stereocenters. The van der Waals surface area contributed by atoms with Crippen molar-refractivity contribution in [1.82, 2.24) is 0 Å². The standard InChI is InChI=1S/C10H11NOS2/c1-13-8-3-2-6-4-9(11)14-10(6)7(8)5-12/h2-4,12H,5,11H2,1H3. The number of hydrogen-bond acceptors (Lipinski definition) is 4. The fourth-order valence-electron chi connectivity index (χ4n) is 1.50. The molecule has 0 bridgehead atoms. The maximum atomic E-state index is 9.31. The summed E-state index contributed by atoms with van der Waals surface area (Å²) in [6.07, 6.45) is 2.01. The lowest BCUT2D eigenvalue weighted by Gasteiger charge is -2.04. The third-order valence-corrected chi connectivity index (χ3v) is 4.01. The minimum Gasteiger partial charge on any atom is -0.392 e. The third-order valence-electron chi connectivity index (χ3n) is 2.14. The Hall–Kier alpha value is -0.710. The van der Waals surface area contributed by atoms with E-state index in [1.54, 1.807) is 11.8 Å². The summed E-state index contributed by atoms with van der Waals surface area (Å²) in [7, 11) is 0. The fraction of sp³-hybridized carbons (Fsp3) is 0.200. The molecule has 0 amide bonds. The second-order valence-corrected chi connectivity index (χ2v) is 4.90. The van der Waals surface area contributed by atoms with Gasteiger partial charge in [0.15, 0.2) is 0 Å². The van der Waals surface area contributed by atoms with Crippen molar-refractivity contribution in [2.24, 2.45) is 0 Å². The van der Waals surface area contributed by atoms with Crippen molar-refractivity contribution in [3.8, 4) is 0 Å². The Morgan fingerprint density at radius 1 is 1.50 bits per heavy atom. The molecule has 0 spiro atoms. The number of nitrogen functional groups attached to an aromatic ring is 1. The zero-order valence-electron chi connectivity index (χ0n) is 7.78. The van der Waals surface area contributed by atoms with E-state index < -0.39 is 0 Å². The van der Waals surface area contributed by atoms with Gasteiger partial charge in [0.25, 0.3) is 0 Å². The zero-order chi connectivity index (χ0) is 10.1. The lowest BCUT2D eigenvalue weighted by Crippen LogP contribution is -1.86. The molecule has 0 saturated heterocycles. The van der Waals surface area contributed by atoms with Crippen molar-refractivity contribution < 1.29 is 5.11 Å². The first-order valence-corrected chi connectivity index (χ1v) is 6.26. The number of aliphatic hydroxyl groups excluding tert-OH is 1. The van der Waals surface area contributed by atoms with Gasteiger partial charge in [-0.25, -0.2) is 0 Å². The molecule has 0 aliphatic carbocycles. The average molecular weight is 225 g/mol. The topological polar surface area (TPSA) is 46.2 Å². The van der Waals surface area contributed by atoms with E-state index in [0.29, 0.717) is 0 Å². The minimum atomic E-state index is 0.0769. The molecule has 74 valence electrons. The van der Waals surface area contributed by atoms with Crippen LogP contribution in [-0.4, -0.2) is 11.4 Å². The van der Waals surface area contributed by atoms with Crippen LogP contribution in [0.1, 0.15) is 5.56 Å². The van der Waals surface area contributed by atoms with E-state index in [0.717, 1.165) is 25.5 Å². The Bertz CT molecular complexity index is 464. The number of thiophene rings is 1. The van der Waals surface area contributed by atoms with Crippen LogP contribution in [0, 0.1) is 0 Å². The number of benzene rings is 1. The molecule has 0 aliphatic rings. The lowest BCUT2D eigenvalue weighted by molar-refractivity contribution is 0.281. The quantitative estimate of drug-likeness (QED) is 0.772. The van der Waals surface area contributed by atoms with E-state index >= 15 is 0 Å². The third kappa shape index (κ3) is 1.49. The summed E-state index contributed by atoms with van der Waals surface area (Å²) in [6, 6.07) is 6.03. The second-order valence-electron chi connectivity index (χ2n) is 2.97. The minimum absolute atomic E-state index is 0.0769. The first-order chi connectivity index (χ1) is 6.76. The first-order valence-electron chi connectivity index (χ1n) is 4.22. The van der Waals surface area contributed by atoms with Crippen LogP contribution < -0.4 is 5.73 Å². The van der Waals surface area contributed by atoms with Crippen LogP contribution >= 0.6 is 23.1 Å². The molecule has 2 nitrogen and oxygen atoms in total. The van der Waals surface area contributed by atoms with Crippen LogP contribution in [0.15, 0.2) is 23.1 Å². The molecule has 14 heavy (non-hydrogen) atoms. The number of hydrogen-bond donors (Lipinski definition) is 2. The zero-order valence-corrected chi connectivity index (χ0v) is 9.41. The molecule has 1 aromatic carbocycles. The van der Waals surface area contributed by atoms with Crippen molar-refractivity contribution in [3.05, 3.63) is 23.8 Å². The summed E-state index contributed by atoms with van der Waals surface area (Å²) >= 11 is 3.19. The van der Waals surface area contributed by atoms with Crippen molar-refractivity contribution in [1.29, 1.82) is 0 Å². The molecule has 1 aromatic heterocycles. The summed E-state index contributed by atoms with van der Waals surface area (Å²) in [5.74, 6) is 0. The van der Waals surface area contributed by atoms with Crippen molar-refractivity contribution in [3.63, 3.8) is 0 Å². The molecule has 0 aliphatic heterocycles. The lowest BCUT2D eigenvalue weighted by atomic mass is 10.2. The van der Waals surface area contributed by atoms with E-state index in [4.69, 9.17) is 5.73 Å². The molecule has 1 heterocycles. The van der Waals surface area contributed by atoms with Gasteiger partial charge >= 0.3 is 0 Å². The smallest absolute Gasteiger partial charge is 0.0868 e. The molecule has 0 atom stereocenters. The number of nitrogens with two attached hydrogens (primary N) is 1. The molecule has 0 saturated carbocycles. The summed E-state index contributed by atoms with van der Waals surface area (Å²) in [6.45, 7) is 0.0769. The molecule has 0 radical (unpaired) electrons. The van der Waals surface area contributed by atoms with Crippen LogP contribution in [0.25, 0.3) is 10.1 Å². The summed E-state index contributed by atoms with van der Waals surface area (Å²) in [5.41, 5.74) is 6.73. The van der Waals surface area contributed by atoms with Gasteiger partial charge in [0.1, 0.15) is 0 Å². The highest BCUT2D eigenvalue weighted by molar-refractivity contribution is 7.98. The predicted octanol–water partition coefficient (Wildman–Crippen LogP) is 2.70. The Morgan fingerprint density at radius 2 is 2.29 bits per heavy atom. The summed E-state index contributed by atoms with van der Waals surface area (Å²) in [5, 5.41) is 11.2. The molecular weight excluding hydrogens is 214 g/mol. The van der Waals surface area contributed by atoms with Crippen LogP contribution in [0.2, 0.25) is 0 Å². The number of aliphatic hydroxyl groups is 1. The molecule has 3 N–H and O–H groups in total. The highest BCUT2D eigenvalue weighted by Crippen LogP contribution is 2.35. The van der Waals surface area contributed by atoms with Crippen molar-refractivity contribution in [2.75, 3.05) is 12.0 Å². The van der Waals surface area contributed by atoms with Gasteiger partial charge in [-0.05, 0) is 23.8 Å². The van der Waals surface area contributed by atoms with Gasteiger partial charge in [-0.15, -0.1) is 23.1 Å². The van der Waals surface area contributed by atoms with E-state index in [2.05, 4.69) is 0 Å². The van der Waals surface area contributed by atoms with Gasteiger partial charge in [0.2, 0.25) is 0 Å². The normalized spacial score (nSPS) is 11.0. The monoisotopic (exact) mass is 225 g/mol. The Kier molecular flexibility index (Phi) is 2.67. The molecule has 2 rings (SSSR count). The maximum absolute atomic E-state index is 9.31. The highest BCUT2D eigenvalue weighted by atomic mass is 32.2. The van der Waals surface area contributed by atoms with Gasteiger partial charge < -0.3 is 10.8 Å². The fourth-order valence-corrected chi connectivity index (χ4v) is 3.15. The SMILES string of the molecule is CSc1ccc2cc(N)sc2c1CO. The Balaban J connectivity index is 2.75. The van der Waals surface area contributed by atoms with Gasteiger partial charge in [0.05, 0.1) is 11.6 Å². The highest BCUT2D eigenvalue weighted by Gasteiger charge is 2.08. The second kappa shape index (κ2) is 3.81. The van der Waals surface area contributed by atoms with E-state index in [9.17, 15) is 5.11 Å². The van der Waals surface area contributed by atoms with Crippen LogP contribution in [0.3, 0.4) is 0 Å². The number of fused-ring (bicyclic) bond motifs is 1. The maximum Gasteiger partial charge on any atom is 0.0868 e. The molecule has 4 heteroatoms. The molecule has 2 aromatic rings. The summed E-state index contributed by atoms with van der Waals surface area (Å²) < 4.78 is 1.11. The number of thioether (sulfide) groups is 1. The van der Waals surface area contributed by atoms with E-state index in [1.807, 2.05) is 24.5 Å². The van der Waals surface area contributed by atoms with Crippen molar-refractivity contribution in [2.45, 2.75) is 11.5 Å². The van der Waals surface area contributed by atoms with Crippen LogP contribution in [0.5, 0.6) is 0 Å². The molecular formula is C10H11NOS2. The van der Waals surface area contributed by atoms with Gasteiger partial charge in [-0.1, -0.05) is 6.07 Å². The number of rotatable bonds is 2. The van der Waals surface area contributed by atoms with Gasteiger partial charge in [-0.3, -0.25) is 0 Å². The van der Waals surface area contributed by atoms with Crippen LogP contribution in [-0.2, 0) is 6.61 Å². The van der Waals surface area contributed by atoms with Crippen LogP contribution in [0.4, 0.5) is 5.00 Å². The number of anilines is 1. The largest absolute Gasteiger partial charge is 0.392 e. The Labute approximate surface area is 90.7 Å². The predicted molar refractivity (Wildman–Crippen MR) is 63.9 cm³/mol. The van der Waals surface area contributed by atoms with E-state index in [-0.39, 0.29) is 6.61 Å². The first kappa shape index (κ1) is 9.83. The van der Waals surface area contributed by atoms with E-state index in [1.165, 1.54) is 11.3 Å². The average Bonchev–Trinajstić information content (AvgIpc) is 2.56. The summed E-state index contributed by atoms with van der Waals surface area (Å²) in [4.78, 5) is 1.13. The van der Waals surface area contributed by atoms with Gasteiger partial charge in [0, 0.05) is 15.2 Å². The molecule has 0 fully saturated rings. The van der Waals surface area contributed by atoms with Crippen molar-refractivity contribution >= 4 is 38.2 Å². The van der Waals surface area contributed by atoms with Gasteiger partial charge in [-0.2, -0.15) is 0 Å². The Morgan fingerprint density at radius 3 is 2.93 bits per heavy atom.